The standard InChI is InChI=1S/C11H12N2O6/c1-12(6-9(14)15)10(11(16)17)7-2-4-8(5-3-7)13(18)19/h2-5,10H,6H2,1H3,(H,14,15)(H,16,17). The van der Waals surface area contributed by atoms with Crippen molar-refractivity contribution in [2.75, 3.05) is 13.6 Å². The van der Waals surface area contributed by atoms with E-state index in [2.05, 4.69) is 0 Å². The summed E-state index contributed by atoms with van der Waals surface area (Å²) in [6.07, 6.45) is 0. The molecule has 1 atom stereocenters. The molecule has 0 fully saturated rings. The number of aliphatic carboxylic acids is 2. The predicted octanol–water partition coefficient (Wildman–Crippen LogP) is 0.737. The topological polar surface area (TPSA) is 121 Å². The molecule has 19 heavy (non-hydrogen) atoms. The lowest BCUT2D eigenvalue weighted by molar-refractivity contribution is -0.384. The number of non-ortho nitro benzene ring substituents is 1. The van der Waals surface area contributed by atoms with Crippen LogP contribution in [-0.2, 0) is 9.59 Å². The SMILES string of the molecule is CN(CC(=O)O)C(C(=O)O)c1ccc([N+](=O)[O-])cc1. The van der Waals surface area contributed by atoms with E-state index in [-0.39, 0.29) is 11.3 Å². The molecule has 0 bridgehead atoms. The second kappa shape index (κ2) is 5.91. The Morgan fingerprint density at radius 1 is 1.32 bits per heavy atom. The summed E-state index contributed by atoms with van der Waals surface area (Å²) in [5, 5.41) is 28.3. The summed E-state index contributed by atoms with van der Waals surface area (Å²) in [6, 6.07) is 3.79. The third-order valence-corrected chi connectivity index (χ3v) is 2.48. The number of nitro benzene ring substituents is 1. The second-order valence-corrected chi connectivity index (χ2v) is 3.90. The van der Waals surface area contributed by atoms with Crippen molar-refractivity contribution >= 4 is 17.6 Å². The van der Waals surface area contributed by atoms with Gasteiger partial charge in [0.25, 0.3) is 5.69 Å². The smallest absolute Gasteiger partial charge is 0.325 e. The van der Waals surface area contributed by atoms with E-state index in [0.29, 0.717) is 0 Å². The van der Waals surface area contributed by atoms with Gasteiger partial charge in [0.05, 0.1) is 11.5 Å². The number of rotatable bonds is 6. The van der Waals surface area contributed by atoms with E-state index >= 15 is 0 Å². The van der Waals surface area contributed by atoms with Crippen molar-refractivity contribution in [1.29, 1.82) is 0 Å². The Labute approximate surface area is 108 Å². The molecule has 1 aromatic rings. The molecule has 1 aromatic carbocycles. The van der Waals surface area contributed by atoms with Gasteiger partial charge in [-0.15, -0.1) is 0 Å². The molecule has 2 N–H and O–H groups in total. The van der Waals surface area contributed by atoms with E-state index < -0.39 is 29.4 Å². The lowest BCUT2D eigenvalue weighted by Gasteiger charge is -2.22. The van der Waals surface area contributed by atoms with Gasteiger partial charge in [-0.3, -0.25) is 24.6 Å². The summed E-state index contributed by atoms with van der Waals surface area (Å²) in [7, 11) is 1.36. The number of likely N-dealkylation sites (N-methyl/N-ethyl adjacent to an activating group) is 1. The van der Waals surface area contributed by atoms with Gasteiger partial charge in [0.1, 0.15) is 6.04 Å². The van der Waals surface area contributed by atoms with Crippen LogP contribution in [-0.4, -0.2) is 45.6 Å². The highest BCUT2D eigenvalue weighted by Gasteiger charge is 2.26. The van der Waals surface area contributed by atoms with Crippen molar-refractivity contribution in [3.05, 3.63) is 39.9 Å². The zero-order valence-corrected chi connectivity index (χ0v) is 10.0. The Hall–Kier alpha value is -2.48. The number of hydrogen-bond donors (Lipinski definition) is 2. The third kappa shape index (κ3) is 3.75. The number of carboxylic acids is 2. The molecule has 102 valence electrons. The molecule has 0 aliphatic heterocycles. The first-order valence-corrected chi connectivity index (χ1v) is 5.22. The Morgan fingerprint density at radius 3 is 2.21 bits per heavy atom. The summed E-state index contributed by atoms with van der Waals surface area (Å²) in [5.41, 5.74) is 0.121. The fraction of sp³-hybridized carbons (Fsp3) is 0.273. The molecule has 0 amide bonds. The van der Waals surface area contributed by atoms with E-state index in [0.717, 1.165) is 4.90 Å². The van der Waals surface area contributed by atoms with Crippen LogP contribution in [0.5, 0.6) is 0 Å². The largest absolute Gasteiger partial charge is 0.480 e. The number of carboxylic acid groups (broad SMARTS) is 2. The van der Waals surface area contributed by atoms with Crippen molar-refractivity contribution in [3.8, 4) is 0 Å². The van der Waals surface area contributed by atoms with Crippen LogP contribution >= 0.6 is 0 Å². The quantitative estimate of drug-likeness (QED) is 0.576. The van der Waals surface area contributed by atoms with Crippen LogP contribution in [0.1, 0.15) is 11.6 Å². The van der Waals surface area contributed by atoms with Gasteiger partial charge in [0.15, 0.2) is 0 Å². The third-order valence-electron chi connectivity index (χ3n) is 2.48. The molecule has 0 aliphatic rings. The molecule has 0 aliphatic carbocycles. The van der Waals surface area contributed by atoms with Gasteiger partial charge in [0.2, 0.25) is 0 Å². The molecule has 0 spiro atoms. The number of hydrogen-bond acceptors (Lipinski definition) is 5. The van der Waals surface area contributed by atoms with E-state index in [1.807, 2.05) is 0 Å². The Morgan fingerprint density at radius 2 is 1.84 bits per heavy atom. The Balaban J connectivity index is 3.02. The highest BCUT2D eigenvalue weighted by molar-refractivity contribution is 5.77. The molecule has 8 heteroatoms. The average Bonchev–Trinajstić information content (AvgIpc) is 2.28. The first-order valence-electron chi connectivity index (χ1n) is 5.22. The average molecular weight is 268 g/mol. The zero-order chi connectivity index (χ0) is 14.6. The summed E-state index contributed by atoms with van der Waals surface area (Å²) < 4.78 is 0. The van der Waals surface area contributed by atoms with Crippen molar-refractivity contribution in [2.45, 2.75) is 6.04 Å². The maximum atomic E-state index is 11.2. The van der Waals surface area contributed by atoms with Crippen LogP contribution in [0.4, 0.5) is 5.69 Å². The number of carbonyl (C=O) groups is 2. The monoisotopic (exact) mass is 268 g/mol. The first kappa shape index (κ1) is 14.6. The number of nitro groups is 1. The van der Waals surface area contributed by atoms with Crippen LogP contribution in [0, 0.1) is 10.1 Å². The molecule has 0 saturated heterocycles. The van der Waals surface area contributed by atoms with Gasteiger partial charge in [-0.05, 0) is 12.6 Å². The summed E-state index contributed by atoms with van der Waals surface area (Å²) in [5.74, 6) is -2.38. The van der Waals surface area contributed by atoms with Gasteiger partial charge >= 0.3 is 11.9 Å². The lowest BCUT2D eigenvalue weighted by Crippen LogP contribution is -2.34. The molecule has 0 heterocycles. The molecule has 0 saturated carbocycles. The maximum absolute atomic E-state index is 11.2. The van der Waals surface area contributed by atoms with E-state index in [1.165, 1.54) is 31.3 Å². The van der Waals surface area contributed by atoms with E-state index in [9.17, 15) is 19.7 Å². The normalized spacial score (nSPS) is 12.1. The molecular formula is C11H12N2O6. The molecule has 1 unspecified atom stereocenters. The van der Waals surface area contributed by atoms with Gasteiger partial charge in [-0.1, -0.05) is 12.1 Å². The fourth-order valence-electron chi connectivity index (χ4n) is 1.67. The molecule has 0 aromatic heterocycles. The van der Waals surface area contributed by atoms with Crippen LogP contribution in [0.15, 0.2) is 24.3 Å². The number of nitrogens with zero attached hydrogens (tertiary/aromatic N) is 2. The summed E-state index contributed by atoms with van der Waals surface area (Å²) in [4.78, 5) is 32.8. The second-order valence-electron chi connectivity index (χ2n) is 3.90. The molecular weight excluding hydrogens is 256 g/mol. The van der Waals surface area contributed by atoms with Gasteiger partial charge in [-0.25, -0.2) is 0 Å². The van der Waals surface area contributed by atoms with Gasteiger partial charge in [-0.2, -0.15) is 0 Å². The summed E-state index contributed by atoms with van der Waals surface area (Å²) >= 11 is 0. The highest BCUT2D eigenvalue weighted by atomic mass is 16.6. The van der Waals surface area contributed by atoms with Crippen LogP contribution in [0.25, 0.3) is 0 Å². The first-order chi connectivity index (χ1) is 8.82. The van der Waals surface area contributed by atoms with Gasteiger partial charge < -0.3 is 10.2 Å². The molecule has 0 radical (unpaired) electrons. The van der Waals surface area contributed by atoms with Crippen molar-refractivity contribution < 1.29 is 24.7 Å². The summed E-state index contributed by atoms with van der Waals surface area (Å²) in [6.45, 7) is -0.450. The minimum Gasteiger partial charge on any atom is -0.480 e. The van der Waals surface area contributed by atoms with Crippen LogP contribution in [0.2, 0.25) is 0 Å². The van der Waals surface area contributed by atoms with Crippen molar-refractivity contribution in [1.82, 2.24) is 4.90 Å². The van der Waals surface area contributed by atoms with Gasteiger partial charge in [0, 0.05) is 12.1 Å². The minimum atomic E-state index is -1.22. The van der Waals surface area contributed by atoms with Crippen LogP contribution in [0.3, 0.4) is 0 Å². The Bertz CT molecular complexity index is 498. The van der Waals surface area contributed by atoms with Crippen LogP contribution < -0.4 is 0 Å². The Kier molecular flexibility index (Phi) is 4.54. The van der Waals surface area contributed by atoms with Crippen molar-refractivity contribution in [3.63, 3.8) is 0 Å². The maximum Gasteiger partial charge on any atom is 0.325 e. The fourth-order valence-corrected chi connectivity index (χ4v) is 1.67. The lowest BCUT2D eigenvalue weighted by atomic mass is 10.1. The predicted molar refractivity (Wildman–Crippen MR) is 63.7 cm³/mol. The van der Waals surface area contributed by atoms with E-state index in [1.54, 1.807) is 0 Å². The van der Waals surface area contributed by atoms with E-state index in [4.69, 9.17) is 10.2 Å². The highest BCUT2D eigenvalue weighted by Crippen LogP contribution is 2.22. The molecule has 1 rings (SSSR count). The number of benzene rings is 1. The van der Waals surface area contributed by atoms with Crippen molar-refractivity contribution in [2.24, 2.45) is 0 Å². The molecule has 8 nitrogen and oxygen atoms in total. The zero-order valence-electron chi connectivity index (χ0n) is 10.0. The minimum absolute atomic E-state index is 0.159.